The van der Waals surface area contributed by atoms with Crippen LogP contribution in [0.3, 0.4) is 0 Å². The number of H-pyrrole nitrogens is 1. The number of carbonyl (C=O) groups is 1. The summed E-state index contributed by atoms with van der Waals surface area (Å²) >= 11 is 2.79. The Morgan fingerprint density at radius 2 is 2.07 bits per heavy atom. The second kappa shape index (κ2) is 10.5. The predicted molar refractivity (Wildman–Crippen MR) is 106 cm³/mol. The van der Waals surface area contributed by atoms with E-state index >= 15 is 0 Å². The summed E-state index contributed by atoms with van der Waals surface area (Å²) in [6.07, 6.45) is 1.48. The Balaban J connectivity index is 2.09. The van der Waals surface area contributed by atoms with Crippen molar-refractivity contribution in [2.75, 3.05) is 11.1 Å². The lowest BCUT2D eigenvalue weighted by atomic mass is 10.2. The maximum atomic E-state index is 13.7. The molecule has 1 unspecified atom stereocenters. The van der Waals surface area contributed by atoms with Crippen molar-refractivity contribution in [3.05, 3.63) is 51.9 Å². The SMILES string of the molecule is CCCSCc1cc(=O)[nH]c(SC(CC)C(=O)Nc2ccc(F)cc2F)n1. The highest BCUT2D eigenvalue weighted by Gasteiger charge is 2.21. The van der Waals surface area contributed by atoms with Gasteiger partial charge in [-0.15, -0.1) is 0 Å². The Morgan fingerprint density at radius 1 is 1.30 bits per heavy atom. The van der Waals surface area contributed by atoms with Crippen LogP contribution in [0.1, 0.15) is 32.4 Å². The minimum Gasteiger partial charge on any atom is -0.323 e. The normalized spacial score (nSPS) is 12.0. The Kier molecular flexibility index (Phi) is 8.30. The number of rotatable bonds is 9. The number of aromatic amines is 1. The number of carbonyl (C=O) groups excluding carboxylic acids is 1. The number of halogens is 2. The van der Waals surface area contributed by atoms with Crippen LogP contribution in [0.5, 0.6) is 0 Å². The number of aromatic nitrogens is 2. The standard InChI is InChI=1S/C18H21F2N3O2S2/c1-3-7-26-10-12-9-16(24)23-18(21-12)27-15(4-2)17(25)22-14-6-5-11(19)8-13(14)20/h5-6,8-9,15H,3-4,7,10H2,1-2H3,(H,22,25)(H,21,23,24). The molecule has 0 aliphatic heterocycles. The maximum absolute atomic E-state index is 13.7. The van der Waals surface area contributed by atoms with Crippen LogP contribution in [0.4, 0.5) is 14.5 Å². The smallest absolute Gasteiger partial charge is 0.251 e. The third-order valence-corrected chi connectivity index (χ3v) is 5.92. The first-order valence-corrected chi connectivity index (χ1v) is 10.6. The number of amides is 1. The number of nitrogens with zero attached hydrogens (tertiary/aromatic N) is 1. The van der Waals surface area contributed by atoms with Crippen LogP contribution in [0.2, 0.25) is 0 Å². The van der Waals surface area contributed by atoms with Crippen LogP contribution in [-0.2, 0) is 10.5 Å². The van der Waals surface area contributed by atoms with Gasteiger partial charge in [-0.05, 0) is 30.7 Å². The molecule has 0 aliphatic rings. The van der Waals surface area contributed by atoms with Crippen LogP contribution in [0, 0.1) is 11.6 Å². The molecule has 9 heteroatoms. The average Bonchev–Trinajstić information content (AvgIpc) is 2.61. The van der Waals surface area contributed by atoms with Gasteiger partial charge in [-0.2, -0.15) is 11.8 Å². The third-order valence-electron chi connectivity index (χ3n) is 3.48. The van der Waals surface area contributed by atoms with Gasteiger partial charge in [0.2, 0.25) is 5.91 Å². The number of thioether (sulfide) groups is 2. The van der Waals surface area contributed by atoms with Crippen LogP contribution < -0.4 is 10.9 Å². The fourth-order valence-corrected chi connectivity index (χ4v) is 3.92. The molecular weight excluding hydrogens is 392 g/mol. The molecule has 1 heterocycles. The molecule has 1 amide bonds. The van der Waals surface area contributed by atoms with Gasteiger partial charge in [0.15, 0.2) is 5.16 Å². The van der Waals surface area contributed by atoms with Crippen LogP contribution in [-0.4, -0.2) is 26.9 Å². The Hall–Kier alpha value is -1.87. The monoisotopic (exact) mass is 413 g/mol. The van der Waals surface area contributed by atoms with Crippen molar-refractivity contribution in [2.45, 2.75) is 42.8 Å². The second-order valence-electron chi connectivity index (χ2n) is 5.72. The molecule has 1 atom stereocenters. The van der Waals surface area contributed by atoms with Gasteiger partial charge >= 0.3 is 0 Å². The number of nitrogens with one attached hydrogen (secondary N) is 2. The molecule has 146 valence electrons. The molecular formula is C18H21F2N3O2S2. The summed E-state index contributed by atoms with van der Waals surface area (Å²) in [6, 6.07) is 4.40. The highest BCUT2D eigenvalue weighted by Crippen LogP contribution is 2.24. The molecule has 0 spiro atoms. The molecule has 0 bridgehead atoms. The fraction of sp³-hybridized carbons (Fsp3) is 0.389. The van der Waals surface area contributed by atoms with Gasteiger partial charge in [0.25, 0.3) is 5.56 Å². The van der Waals surface area contributed by atoms with Crippen molar-refractivity contribution in [1.29, 1.82) is 0 Å². The van der Waals surface area contributed by atoms with Crippen LogP contribution in [0.15, 0.2) is 34.2 Å². The first-order valence-electron chi connectivity index (χ1n) is 8.53. The lowest BCUT2D eigenvalue weighted by Gasteiger charge is -2.15. The Labute approximate surface area is 164 Å². The molecule has 2 N–H and O–H groups in total. The highest BCUT2D eigenvalue weighted by atomic mass is 32.2. The van der Waals surface area contributed by atoms with E-state index in [9.17, 15) is 18.4 Å². The van der Waals surface area contributed by atoms with Gasteiger partial charge in [-0.3, -0.25) is 9.59 Å². The molecule has 5 nitrogen and oxygen atoms in total. The number of anilines is 1. The van der Waals surface area contributed by atoms with E-state index in [0.29, 0.717) is 29.1 Å². The van der Waals surface area contributed by atoms with Crippen LogP contribution >= 0.6 is 23.5 Å². The maximum Gasteiger partial charge on any atom is 0.251 e. The first kappa shape index (κ1) is 21.4. The highest BCUT2D eigenvalue weighted by molar-refractivity contribution is 8.00. The van der Waals surface area contributed by atoms with Crippen molar-refractivity contribution < 1.29 is 13.6 Å². The number of hydrogen-bond acceptors (Lipinski definition) is 5. The van der Waals surface area contributed by atoms with Crippen molar-refractivity contribution in [3.63, 3.8) is 0 Å². The Bertz CT molecular complexity index is 846. The van der Waals surface area contributed by atoms with E-state index in [1.165, 1.54) is 12.1 Å². The summed E-state index contributed by atoms with van der Waals surface area (Å²) in [4.78, 5) is 31.3. The lowest BCUT2D eigenvalue weighted by molar-refractivity contribution is -0.115. The van der Waals surface area contributed by atoms with E-state index in [-0.39, 0.29) is 11.2 Å². The van der Waals surface area contributed by atoms with Gasteiger partial charge in [-0.25, -0.2) is 13.8 Å². The lowest BCUT2D eigenvalue weighted by Crippen LogP contribution is -2.26. The fourth-order valence-electron chi connectivity index (χ4n) is 2.20. The summed E-state index contributed by atoms with van der Waals surface area (Å²) in [6.45, 7) is 3.88. The molecule has 0 aliphatic carbocycles. The summed E-state index contributed by atoms with van der Waals surface area (Å²) in [5, 5.41) is 2.21. The Morgan fingerprint density at radius 3 is 2.74 bits per heavy atom. The quantitative estimate of drug-likeness (QED) is 0.366. The number of benzene rings is 1. The average molecular weight is 414 g/mol. The van der Waals surface area contributed by atoms with Crippen molar-refractivity contribution in [3.8, 4) is 0 Å². The van der Waals surface area contributed by atoms with E-state index < -0.39 is 22.8 Å². The zero-order valence-electron chi connectivity index (χ0n) is 15.1. The molecule has 27 heavy (non-hydrogen) atoms. The molecule has 0 saturated heterocycles. The molecule has 2 aromatic rings. The van der Waals surface area contributed by atoms with Crippen molar-refractivity contribution in [1.82, 2.24) is 9.97 Å². The molecule has 2 rings (SSSR count). The molecule has 0 fully saturated rings. The second-order valence-corrected chi connectivity index (χ2v) is 8.02. The van der Waals surface area contributed by atoms with Gasteiger partial charge in [0, 0.05) is 17.9 Å². The minimum absolute atomic E-state index is 0.0911. The zero-order chi connectivity index (χ0) is 19.8. The van der Waals surface area contributed by atoms with Gasteiger partial charge < -0.3 is 10.3 Å². The minimum atomic E-state index is -0.843. The van der Waals surface area contributed by atoms with Gasteiger partial charge in [-0.1, -0.05) is 25.6 Å². The van der Waals surface area contributed by atoms with Crippen molar-refractivity contribution in [2.24, 2.45) is 0 Å². The van der Waals surface area contributed by atoms with E-state index in [1.54, 1.807) is 18.7 Å². The summed E-state index contributed by atoms with van der Waals surface area (Å²) in [5.74, 6) is -0.410. The molecule has 1 aromatic carbocycles. The first-order chi connectivity index (χ1) is 12.9. The largest absolute Gasteiger partial charge is 0.323 e. The van der Waals surface area contributed by atoms with Crippen molar-refractivity contribution >= 4 is 35.1 Å². The third kappa shape index (κ3) is 6.66. The van der Waals surface area contributed by atoms with Gasteiger partial charge in [0.05, 0.1) is 16.6 Å². The van der Waals surface area contributed by atoms with Gasteiger partial charge in [0.1, 0.15) is 11.6 Å². The summed E-state index contributed by atoms with van der Waals surface area (Å²) < 4.78 is 26.7. The molecule has 0 saturated carbocycles. The predicted octanol–water partition coefficient (Wildman–Crippen LogP) is 4.20. The van der Waals surface area contributed by atoms with E-state index in [1.807, 2.05) is 0 Å². The topological polar surface area (TPSA) is 74.8 Å². The molecule has 0 radical (unpaired) electrons. The van der Waals surface area contributed by atoms with E-state index in [4.69, 9.17) is 0 Å². The van der Waals surface area contributed by atoms with Crippen LogP contribution in [0.25, 0.3) is 0 Å². The molecule has 1 aromatic heterocycles. The zero-order valence-corrected chi connectivity index (χ0v) is 16.7. The summed E-state index contributed by atoms with van der Waals surface area (Å²) in [5.41, 5.74) is 0.283. The number of hydrogen-bond donors (Lipinski definition) is 2. The summed E-state index contributed by atoms with van der Waals surface area (Å²) in [7, 11) is 0. The van der Waals surface area contributed by atoms with E-state index in [0.717, 1.165) is 30.0 Å². The van der Waals surface area contributed by atoms with E-state index in [2.05, 4.69) is 22.2 Å².